The summed E-state index contributed by atoms with van der Waals surface area (Å²) in [7, 11) is 1.46. The van der Waals surface area contributed by atoms with Gasteiger partial charge < -0.3 is 14.9 Å². The van der Waals surface area contributed by atoms with Crippen molar-refractivity contribution in [2.45, 2.75) is 13.0 Å². The van der Waals surface area contributed by atoms with Gasteiger partial charge in [0.25, 0.3) is 6.43 Å². The molecule has 1 aromatic rings. The molecule has 8 heteroatoms. The number of rotatable bonds is 6. The number of anilines is 1. The average molecular weight is 234 g/mol. The Labute approximate surface area is 90.7 Å². The van der Waals surface area contributed by atoms with Crippen LogP contribution in [-0.4, -0.2) is 30.1 Å². The van der Waals surface area contributed by atoms with E-state index < -0.39 is 13.0 Å². The molecule has 0 amide bonds. The van der Waals surface area contributed by atoms with Gasteiger partial charge in [-0.05, 0) is 0 Å². The van der Waals surface area contributed by atoms with E-state index in [0.717, 1.165) is 0 Å². The second kappa shape index (κ2) is 6.13. The Bertz CT molecular complexity index is 338. The minimum Gasteiger partial charge on any atom is -0.471 e. The number of halogens is 2. The Kier molecular flexibility index (Phi) is 4.80. The van der Waals surface area contributed by atoms with Crippen LogP contribution in [0.1, 0.15) is 5.82 Å². The summed E-state index contributed by atoms with van der Waals surface area (Å²) in [5.74, 6) is 5.74. The smallest absolute Gasteiger partial charge is 0.272 e. The van der Waals surface area contributed by atoms with Crippen LogP contribution in [0, 0.1) is 0 Å². The number of nitrogens with one attached hydrogen (secondary N) is 1. The monoisotopic (exact) mass is 234 g/mol. The van der Waals surface area contributed by atoms with Crippen molar-refractivity contribution < 1.29 is 18.3 Å². The maximum atomic E-state index is 11.9. The van der Waals surface area contributed by atoms with Crippen LogP contribution in [0.25, 0.3) is 0 Å². The molecule has 0 unspecified atom stereocenters. The van der Waals surface area contributed by atoms with E-state index in [1.165, 1.54) is 13.2 Å². The van der Waals surface area contributed by atoms with Gasteiger partial charge in [0.1, 0.15) is 12.4 Å². The molecule has 0 saturated carbocycles. The summed E-state index contributed by atoms with van der Waals surface area (Å²) >= 11 is 0. The van der Waals surface area contributed by atoms with Crippen LogP contribution in [-0.2, 0) is 11.3 Å². The van der Waals surface area contributed by atoms with Crippen molar-refractivity contribution in [2.75, 3.05) is 19.1 Å². The van der Waals surface area contributed by atoms with Crippen molar-refractivity contribution in [3.05, 3.63) is 11.9 Å². The van der Waals surface area contributed by atoms with Gasteiger partial charge in [0.05, 0.1) is 0 Å². The zero-order valence-corrected chi connectivity index (χ0v) is 8.61. The topological polar surface area (TPSA) is 82.3 Å². The van der Waals surface area contributed by atoms with Gasteiger partial charge in [-0.15, -0.1) is 0 Å². The molecule has 0 fully saturated rings. The Hall–Kier alpha value is -1.54. The summed E-state index contributed by atoms with van der Waals surface area (Å²) in [6.45, 7) is -0.589. The molecule has 0 aliphatic rings. The van der Waals surface area contributed by atoms with Gasteiger partial charge in [-0.3, -0.25) is 0 Å². The van der Waals surface area contributed by atoms with Crippen LogP contribution in [0.5, 0.6) is 5.88 Å². The number of nitrogens with two attached hydrogens (primary N) is 1. The lowest BCUT2D eigenvalue weighted by atomic mass is 10.5. The first-order valence-corrected chi connectivity index (χ1v) is 4.40. The zero-order chi connectivity index (χ0) is 12.0. The first-order chi connectivity index (χ1) is 7.65. The number of nitrogen functional groups attached to an aromatic ring is 1. The first kappa shape index (κ1) is 12.5. The summed E-state index contributed by atoms with van der Waals surface area (Å²) in [6, 6.07) is 1.32. The predicted octanol–water partition coefficient (Wildman–Crippen LogP) is 0.552. The highest BCUT2D eigenvalue weighted by Gasteiger charge is 2.08. The summed E-state index contributed by atoms with van der Waals surface area (Å²) < 4.78 is 33.4. The van der Waals surface area contributed by atoms with E-state index in [4.69, 9.17) is 15.3 Å². The minimum absolute atomic E-state index is 0.0234. The standard InChI is InChI=1S/C8H12F2N4O2/c1-15-4-7-12-6(14-11)2-8(13-7)16-3-5(9)10/h2,5H,3-4,11H2,1H3,(H,12,13,14). The number of aromatic nitrogens is 2. The molecule has 16 heavy (non-hydrogen) atoms. The van der Waals surface area contributed by atoms with E-state index in [9.17, 15) is 8.78 Å². The molecule has 0 bridgehead atoms. The summed E-state index contributed by atoms with van der Waals surface area (Å²) in [6.07, 6.45) is -2.56. The number of hydrogen-bond donors (Lipinski definition) is 2. The zero-order valence-electron chi connectivity index (χ0n) is 8.61. The molecule has 0 spiro atoms. The maximum Gasteiger partial charge on any atom is 0.272 e. The first-order valence-electron chi connectivity index (χ1n) is 4.40. The van der Waals surface area contributed by atoms with E-state index in [0.29, 0.717) is 5.82 Å². The number of hydrogen-bond acceptors (Lipinski definition) is 6. The fourth-order valence-electron chi connectivity index (χ4n) is 0.963. The van der Waals surface area contributed by atoms with Gasteiger partial charge in [0, 0.05) is 13.2 Å². The van der Waals surface area contributed by atoms with Crippen molar-refractivity contribution in [1.82, 2.24) is 9.97 Å². The lowest BCUT2D eigenvalue weighted by Crippen LogP contribution is -2.13. The van der Waals surface area contributed by atoms with Crippen LogP contribution in [0.15, 0.2) is 6.07 Å². The third-order valence-corrected chi connectivity index (χ3v) is 1.53. The van der Waals surface area contributed by atoms with Crippen LogP contribution >= 0.6 is 0 Å². The molecule has 0 aromatic carbocycles. The molecule has 3 N–H and O–H groups in total. The van der Waals surface area contributed by atoms with Crippen LogP contribution in [0.2, 0.25) is 0 Å². The number of methoxy groups -OCH3 is 1. The normalized spacial score (nSPS) is 10.6. The molecule has 0 aliphatic carbocycles. The quantitative estimate of drug-likeness (QED) is 0.552. The van der Waals surface area contributed by atoms with Gasteiger partial charge >= 0.3 is 0 Å². The fraction of sp³-hybridized carbons (Fsp3) is 0.500. The lowest BCUT2D eigenvalue weighted by molar-refractivity contribution is 0.0790. The van der Waals surface area contributed by atoms with Gasteiger partial charge in [0.2, 0.25) is 5.88 Å². The van der Waals surface area contributed by atoms with Gasteiger partial charge in [-0.2, -0.15) is 4.98 Å². The Morgan fingerprint density at radius 2 is 2.25 bits per heavy atom. The molecular formula is C8H12F2N4O2. The largest absolute Gasteiger partial charge is 0.471 e. The molecular weight excluding hydrogens is 222 g/mol. The van der Waals surface area contributed by atoms with Crippen molar-refractivity contribution in [2.24, 2.45) is 5.84 Å². The molecule has 1 rings (SSSR count). The van der Waals surface area contributed by atoms with Crippen LogP contribution < -0.4 is 16.0 Å². The van der Waals surface area contributed by atoms with Crippen molar-refractivity contribution in [1.29, 1.82) is 0 Å². The van der Waals surface area contributed by atoms with Gasteiger partial charge in [-0.1, -0.05) is 0 Å². The van der Waals surface area contributed by atoms with E-state index in [-0.39, 0.29) is 18.3 Å². The highest BCUT2D eigenvalue weighted by Crippen LogP contribution is 2.13. The Morgan fingerprint density at radius 3 is 2.81 bits per heavy atom. The second-order valence-corrected chi connectivity index (χ2v) is 2.79. The van der Waals surface area contributed by atoms with Crippen molar-refractivity contribution in [3.8, 4) is 5.88 Å². The SMILES string of the molecule is COCc1nc(NN)cc(OCC(F)F)n1. The summed E-state index contributed by atoms with van der Waals surface area (Å²) in [5.41, 5.74) is 2.28. The highest BCUT2D eigenvalue weighted by molar-refractivity contribution is 5.36. The lowest BCUT2D eigenvalue weighted by Gasteiger charge is -2.08. The summed E-state index contributed by atoms with van der Waals surface area (Å²) in [5, 5.41) is 0. The highest BCUT2D eigenvalue weighted by atomic mass is 19.3. The third-order valence-electron chi connectivity index (χ3n) is 1.53. The number of ether oxygens (including phenoxy) is 2. The van der Waals surface area contributed by atoms with E-state index in [1.54, 1.807) is 0 Å². The molecule has 1 heterocycles. The molecule has 90 valence electrons. The van der Waals surface area contributed by atoms with Crippen molar-refractivity contribution >= 4 is 5.82 Å². The second-order valence-electron chi connectivity index (χ2n) is 2.79. The fourth-order valence-corrected chi connectivity index (χ4v) is 0.963. The number of alkyl halides is 2. The molecule has 0 aliphatic heterocycles. The van der Waals surface area contributed by atoms with E-state index in [1.807, 2.05) is 0 Å². The van der Waals surface area contributed by atoms with Gasteiger partial charge in [-0.25, -0.2) is 19.6 Å². The maximum absolute atomic E-state index is 11.9. The average Bonchev–Trinajstić information content (AvgIpc) is 2.26. The van der Waals surface area contributed by atoms with E-state index in [2.05, 4.69) is 15.4 Å². The molecule has 6 nitrogen and oxygen atoms in total. The molecule has 0 radical (unpaired) electrons. The number of hydrazine groups is 1. The Morgan fingerprint density at radius 1 is 1.50 bits per heavy atom. The van der Waals surface area contributed by atoms with E-state index >= 15 is 0 Å². The Balaban J connectivity index is 2.77. The van der Waals surface area contributed by atoms with Crippen LogP contribution in [0.4, 0.5) is 14.6 Å². The predicted molar refractivity (Wildman–Crippen MR) is 52.1 cm³/mol. The summed E-state index contributed by atoms with van der Waals surface area (Å²) in [4.78, 5) is 7.78. The molecule has 0 atom stereocenters. The van der Waals surface area contributed by atoms with Crippen molar-refractivity contribution in [3.63, 3.8) is 0 Å². The number of nitrogens with zero attached hydrogens (tertiary/aromatic N) is 2. The van der Waals surface area contributed by atoms with Gasteiger partial charge in [0.15, 0.2) is 12.4 Å². The minimum atomic E-state index is -2.56. The van der Waals surface area contributed by atoms with Crippen LogP contribution in [0.3, 0.4) is 0 Å². The molecule has 0 saturated heterocycles. The molecule has 1 aromatic heterocycles. The third kappa shape index (κ3) is 3.91.